The molecule has 2 heterocycles. The molecule has 2 saturated heterocycles. The van der Waals surface area contributed by atoms with Gasteiger partial charge in [-0.1, -0.05) is 13.8 Å². The van der Waals surface area contributed by atoms with Gasteiger partial charge in [-0.25, -0.2) is 0 Å². The number of aliphatic hydroxyl groups excluding tert-OH is 3. The number of likely N-dealkylation sites (tertiary alicyclic amines) is 2. The van der Waals surface area contributed by atoms with E-state index in [1.807, 2.05) is 0 Å². The van der Waals surface area contributed by atoms with Crippen LogP contribution in [0.5, 0.6) is 0 Å². The van der Waals surface area contributed by atoms with Crippen molar-refractivity contribution in [2.24, 2.45) is 11.7 Å². The second-order valence-corrected chi connectivity index (χ2v) is 16.3. The molecule has 0 aromatic heterocycles. The minimum absolute atomic E-state index is 0.0259. The van der Waals surface area contributed by atoms with Crippen LogP contribution in [0.1, 0.15) is 66.7 Å². The topological polar surface area (TPSA) is 435 Å². The first-order valence-corrected chi connectivity index (χ1v) is 21.4. The van der Waals surface area contributed by atoms with Crippen LogP contribution in [0, 0.1) is 5.92 Å². The minimum atomic E-state index is -1.68. The molecule has 28 nitrogen and oxygen atoms in total. The van der Waals surface area contributed by atoms with Crippen LogP contribution < -0.4 is 48.3 Å². The van der Waals surface area contributed by atoms with Crippen LogP contribution in [-0.2, 0) is 57.5 Å². The third-order valence-corrected chi connectivity index (χ3v) is 10.7. The van der Waals surface area contributed by atoms with Gasteiger partial charge in [0.05, 0.1) is 32.3 Å². The third-order valence-electron chi connectivity index (χ3n) is 10.7. The van der Waals surface area contributed by atoms with Gasteiger partial charge < -0.3 is 83.6 Å². The van der Waals surface area contributed by atoms with Gasteiger partial charge in [-0.2, -0.15) is 0 Å². The number of carboxylic acids is 2. The van der Waals surface area contributed by atoms with Crippen molar-refractivity contribution in [3.8, 4) is 0 Å². The van der Waals surface area contributed by atoms with E-state index in [9.17, 15) is 72.9 Å². The zero-order valence-corrected chi connectivity index (χ0v) is 37.7. The van der Waals surface area contributed by atoms with E-state index in [1.54, 1.807) is 13.8 Å². The summed E-state index contributed by atoms with van der Waals surface area (Å²) in [6, 6.07) is -13.9. The minimum Gasteiger partial charge on any atom is -0.481 e. The molecule has 2 aliphatic rings. The Morgan fingerprint density at radius 3 is 1.39 bits per heavy atom. The number of carbonyl (C=O) groups is 12. The molecule has 0 saturated carbocycles. The van der Waals surface area contributed by atoms with Crippen molar-refractivity contribution < 1.29 is 83.1 Å². The molecule has 2 rings (SSSR count). The predicted molar refractivity (Wildman–Crippen MR) is 227 cm³/mol. The highest BCUT2D eigenvalue weighted by molar-refractivity contribution is 5.99. The molecule has 15 N–H and O–H groups in total. The van der Waals surface area contributed by atoms with Gasteiger partial charge in [0.15, 0.2) is 0 Å². The molecule has 0 aromatic carbocycles. The molecule has 2 aliphatic heterocycles. The Kier molecular flexibility index (Phi) is 22.5. The maximum absolute atomic E-state index is 13.6. The average Bonchev–Trinajstić information content (AvgIpc) is 3.97. The summed E-state index contributed by atoms with van der Waals surface area (Å²) in [5.74, 6) is -12.1. The fourth-order valence-electron chi connectivity index (χ4n) is 6.95. The van der Waals surface area contributed by atoms with Gasteiger partial charge in [0, 0.05) is 13.1 Å². The summed E-state index contributed by atoms with van der Waals surface area (Å²) in [7, 11) is 0. The number of carbonyl (C=O) groups excluding carboxylic acids is 10. The number of hydrogen-bond acceptors (Lipinski definition) is 16. The number of amides is 10. The monoisotopic (exact) mass is 957 g/mol. The summed E-state index contributed by atoms with van der Waals surface area (Å²) in [4.78, 5) is 154. The molecule has 0 radical (unpaired) electrons. The molecule has 28 heteroatoms. The van der Waals surface area contributed by atoms with Crippen LogP contribution in [0.4, 0.5) is 0 Å². The Hall–Kier alpha value is -6.52. The summed E-state index contributed by atoms with van der Waals surface area (Å²) in [6.07, 6.45) is 0.168. The van der Waals surface area contributed by atoms with Crippen LogP contribution in [0.2, 0.25) is 0 Å². The van der Waals surface area contributed by atoms with Gasteiger partial charge in [0.2, 0.25) is 59.1 Å². The summed E-state index contributed by atoms with van der Waals surface area (Å²) >= 11 is 0. The molecule has 376 valence electrons. The van der Waals surface area contributed by atoms with Gasteiger partial charge in [-0.3, -0.25) is 57.5 Å². The van der Waals surface area contributed by atoms with Crippen molar-refractivity contribution in [3.63, 3.8) is 0 Å². The quantitative estimate of drug-likeness (QED) is 0.0404. The highest BCUT2D eigenvalue weighted by Gasteiger charge is 2.41. The van der Waals surface area contributed by atoms with Crippen LogP contribution in [0.3, 0.4) is 0 Å². The van der Waals surface area contributed by atoms with Crippen LogP contribution >= 0.6 is 0 Å². The average molecular weight is 958 g/mol. The molecular formula is C39H63N11O17. The van der Waals surface area contributed by atoms with Crippen LogP contribution in [0.25, 0.3) is 0 Å². The number of aliphatic hydroxyl groups is 3. The molecule has 0 aliphatic carbocycles. The molecule has 67 heavy (non-hydrogen) atoms. The highest BCUT2D eigenvalue weighted by atomic mass is 16.4. The second-order valence-electron chi connectivity index (χ2n) is 16.3. The van der Waals surface area contributed by atoms with Crippen molar-refractivity contribution in [2.45, 2.75) is 127 Å². The van der Waals surface area contributed by atoms with Gasteiger partial charge in [0.25, 0.3) is 0 Å². The number of carboxylic acid groups (broad SMARTS) is 2. The largest absolute Gasteiger partial charge is 0.481 e. The van der Waals surface area contributed by atoms with Gasteiger partial charge >= 0.3 is 11.9 Å². The summed E-state index contributed by atoms with van der Waals surface area (Å²) in [5.41, 5.74) is 5.53. The van der Waals surface area contributed by atoms with Crippen molar-refractivity contribution in [1.82, 2.24) is 52.3 Å². The number of nitrogens with zero attached hydrogens (tertiary/aromatic N) is 2. The fraction of sp³-hybridized carbons (Fsp3) is 0.692. The molecule has 10 atom stereocenters. The Balaban J connectivity index is 1.99. The van der Waals surface area contributed by atoms with Gasteiger partial charge in [-0.15, -0.1) is 0 Å². The van der Waals surface area contributed by atoms with Crippen molar-refractivity contribution >= 4 is 71.0 Å². The lowest BCUT2D eigenvalue weighted by atomic mass is 10.0. The zero-order valence-electron chi connectivity index (χ0n) is 37.7. The maximum Gasteiger partial charge on any atom is 0.322 e. The molecule has 10 amide bonds. The summed E-state index contributed by atoms with van der Waals surface area (Å²) in [6.45, 7) is 3.49. The Labute approximate surface area is 384 Å². The van der Waals surface area contributed by atoms with E-state index in [1.165, 1.54) is 20.8 Å². The second kappa shape index (κ2) is 26.6. The van der Waals surface area contributed by atoms with E-state index in [4.69, 9.17) is 15.9 Å². The number of nitrogens with two attached hydrogens (primary N) is 1. The first-order chi connectivity index (χ1) is 31.4. The maximum atomic E-state index is 13.6. The lowest BCUT2D eigenvalue weighted by Crippen LogP contribution is -2.61. The molecule has 2 fully saturated rings. The smallest absolute Gasteiger partial charge is 0.322 e. The third kappa shape index (κ3) is 16.7. The normalized spacial score (nSPS) is 19.2. The van der Waals surface area contributed by atoms with Crippen molar-refractivity contribution in [2.75, 3.05) is 39.5 Å². The van der Waals surface area contributed by atoms with Gasteiger partial charge in [0.1, 0.15) is 60.9 Å². The van der Waals surface area contributed by atoms with E-state index < -0.39 is 170 Å². The first-order valence-electron chi connectivity index (χ1n) is 21.4. The standard InChI is InChI=1S/C39H63N11O17/c1-17(2)29(37(65)44-18(3)30(58)41-13-28(56)57)48-36(64)26-9-7-11-50(26)38(66)23(15-52)46-32(60)19(4)42-34(62)22(14-51)45-31(59)20(5)43-35(63)25-8-6-10-49(25)39(67)24(16-53)47-33(61)21(40)12-27(54)55/h17-26,29,51-53H,6-16,40H2,1-5H3,(H,41,58)(H,42,62)(H,43,63)(H,44,65)(H,45,59)(H,46,60)(H,47,61)(H,48,64)(H,54,55)(H,56,57)/t18-,19-,20-,21-,22-,23-,24-,25-,26-,29-/m0/s1. The molecule has 0 spiro atoms. The first kappa shape index (κ1) is 56.6. The summed E-state index contributed by atoms with van der Waals surface area (Å²) in [5, 5.41) is 65.9. The number of hydrogen-bond donors (Lipinski definition) is 14. The number of nitrogens with one attached hydrogen (secondary N) is 8. The Bertz CT molecular complexity index is 1870. The van der Waals surface area contributed by atoms with E-state index >= 15 is 0 Å². The zero-order chi connectivity index (χ0) is 50.9. The van der Waals surface area contributed by atoms with E-state index in [0.717, 1.165) is 9.80 Å². The molecule has 0 aromatic rings. The molecule has 0 bridgehead atoms. The van der Waals surface area contributed by atoms with Gasteiger partial charge in [-0.05, 0) is 52.4 Å². The highest BCUT2D eigenvalue weighted by Crippen LogP contribution is 2.21. The van der Waals surface area contributed by atoms with E-state index in [0.29, 0.717) is 12.8 Å². The van der Waals surface area contributed by atoms with E-state index in [2.05, 4.69) is 42.5 Å². The number of aliphatic carboxylic acids is 2. The van der Waals surface area contributed by atoms with Crippen molar-refractivity contribution in [1.29, 1.82) is 0 Å². The SMILES string of the molecule is CC(C)[C@H](NC(=O)[C@@H]1CCCN1C(=O)[C@H](CO)NC(=O)[C@H](C)NC(=O)[C@H](CO)NC(=O)[C@H](C)NC(=O)[C@@H]1CCCN1C(=O)[C@H](CO)NC(=O)[C@@H](N)CC(=O)O)C(=O)N[C@@H](C)C(=O)NCC(=O)O. The van der Waals surface area contributed by atoms with Crippen LogP contribution in [0.15, 0.2) is 0 Å². The number of rotatable bonds is 25. The lowest BCUT2D eigenvalue weighted by Gasteiger charge is -2.30. The lowest BCUT2D eigenvalue weighted by molar-refractivity contribution is -0.144. The Morgan fingerprint density at radius 1 is 0.522 bits per heavy atom. The van der Waals surface area contributed by atoms with E-state index in [-0.39, 0.29) is 25.9 Å². The van der Waals surface area contributed by atoms with Crippen LogP contribution in [-0.4, -0.2) is 206 Å². The van der Waals surface area contributed by atoms with Crippen molar-refractivity contribution in [3.05, 3.63) is 0 Å². The molecule has 0 unspecified atom stereocenters. The Morgan fingerprint density at radius 2 is 0.940 bits per heavy atom. The molecular weight excluding hydrogens is 894 g/mol. The predicted octanol–water partition coefficient (Wildman–Crippen LogP) is -7.94. The summed E-state index contributed by atoms with van der Waals surface area (Å²) < 4.78 is 0. The fourth-order valence-corrected chi connectivity index (χ4v) is 6.95.